The van der Waals surface area contributed by atoms with Gasteiger partial charge < -0.3 is 18.9 Å². The summed E-state index contributed by atoms with van der Waals surface area (Å²) in [6.07, 6.45) is 14.6. The van der Waals surface area contributed by atoms with Crippen LogP contribution in [-0.4, -0.2) is 15.0 Å². The van der Waals surface area contributed by atoms with Gasteiger partial charge in [-0.25, -0.2) is 0 Å². The molecule has 4 aromatic heterocycles. The van der Waals surface area contributed by atoms with Gasteiger partial charge in [0, 0.05) is 49.8 Å². The zero-order valence-electron chi connectivity index (χ0n) is 34.7. The zero-order valence-corrected chi connectivity index (χ0v) is 37.1. The third kappa shape index (κ3) is 9.79. The van der Waals surface area contributed by atoms with Gasteiger partial charge in [-0.3, -0.25) is 14.8 Å². The summed E-state index contributed by atoms with van der Waals surface area (Å²) in [5, 5.41) is 1.16. The van der Waals surface area contributed by atoms with Gasteiger partial charge in [-0.05, 0) is 149 Å². The van der Waals surface area contributed by atoms with Gasteiger partial charge in [0.25, 0.3) is 0 Å². The van der Waals surface area contributed by atoms with Crippen LogP contribution in [0, 0.1) is 6.07 Å². The Morgan fingerprint density at radius 3 is 1.61 bits per heavy atom. The van der Waals surface area contributed by atoms with E-state index in [0.717, 1.165) is 75.2 Å². The molecule has 7 nitrogen and oxygen atoms in total. The molecular formula is C54H44IrN3O4-. The van der Waals surface area contributed by atoms with Crippen LogP contribution in [0.25, 0.3) is 55.7 Å². The number of hydrogen-bond acceptors (Lipinski definition) is 7. The summed E-state index contributed by atoms with van der Waals surface area (Å²) in [7, 11) is 0. The van der Waals surface area contributed by atoms with Crippen LogP contribution >= 0.6 is 0 Å². The molecule has 0 amide bonds. The second kappa shape index (κ2) is 19.2. The quantitative estimate of drug-likeness (QED) is 0.125. The van der Waals surface area contributed by atoms with Gasteiger partial charge in [0.1, 0.15) is 28.6 Å². The van der Waals surface area contributed by atoms with Crippen LogP contribution in [0.1, 0.15) is 37.5 Å². The fraction of sp³-hybridized carbons (Fsp3) is 0.111. The van der Waals surface area contributed by atoms with Gasteiger partial charge in [-0.15, -0.1) is 23.8 Å². The maximum absolute atomic E-state index is 13.1. The van der Waals surface area contributed by atoms with Crippen molar-refractivity contribution in [3.8, 4) is 45.3 Å². The van der Waals surface area contributed by atoms with E-state index in [9.17, 15) is 4.79 Å². The fourth-order valence-electron chi connectivity index (χ4n) is 7.01. The van der Waals surface area contributed by atoms with Gasteiger partial charge in [0.15, 0.2) is 5.43 Å². The Kier molecular flexibility index (Phi) is 13.3. The minimum atomic E-state index is -0.0286. The molecule has 62 heavy (non-hydrogen) atoms. The first-order valence-corrected chi connectivity index (χ1v) is 20.1. The number of hydrogen-bond donors (Lipinski definition) is 0. The number of rotatable bonds is 5. The van der Waals surface area contributed by atoms with Gasteiger partial charge in [-0.2, -0.15) is 0 Å². The molecule has 0 fully saturated rings. The van der Waals surface area contributed by atoms with E-state index in [-0.39, 0.29) is 30.9 Å². The maximum atomic E-state index is 13.1. The van der Waals surface area contributed by atoms with Crippen LogP contribution < -0.4 is 14.9 Å². The summed E-state index contributed by atoms with van der Waals surface area (Å²) in [5.41, 5.74) is 10.3. The first-order chi connectivity index (χ1) is 29.7. The zero-order chi connectivity index (χ0) is 42.3. The molecule has 309 valence electrons. The smallest absolute Gasteiger partial charge is 0.182 e. The van der Waals surface area contributed by atoms with Crippen LogP contribution in [0.15, 0.2) is 198 Å². The fourth-order valence-corrected chi connectivity index (χ4v) is 7.01. The molecule has 0 atom stereocenters. The number of ether oxygens (including phenoxy) is 2. The first kappa shape index (κ1) is 43.1. The molecule has 10 rings (SSSR count). The molecule has 2 aliphatic heterocycles. The number of allylic oxidation sites excluding steroid dienone is 4. The van der Waals surface area contributed by atoms with Crippen LogP contribution in [0.5, 0.6) is 11.5 Å². The number of nitrogens with zero attached hydrogens (tertiary/aromatic N) is 3. The van der Waals surface area contributed by atoms with E-state index >= 15 is 0 Å². The van der Waals surface area contributed by atoms with Crippen molar-refractivity contribution in [2.75, 3.05) is 0 Å². The molecule has 1 radical (unpaired) electrons. The van der Waals surface area contributed by atoms with Crippen molar-refractivity contribution in [1.29, 1.82) is 0 Å². The van der Waals surface area contributed by atoms with Crippen LogP contribution in [0.3, 0.4) is 0 Å². The van der Waals surface area contributed by atoms with E-state index < -0.39 is 0 Å². The molecular weight excluding hydrogens is 947 g/mol. The summed E-state index contributed by atoms with van der Waals surface area (Å²) in [4.78, 5) is 26.1. The average molecular weight is 991 g/mol. The van der Waals surface area contributed by atoms with Gasteiger partial charge >= 0.3 is 0 Å². The Labute approximate surface area is 375 Å². The molecule has 0 unspecified atom stereocenters. The SMILES string of the molecule is C=CC1=CCc2cc(-c3ccccn3)ccc2O1.C=CC1=CCc2cc(-c3ccccn3)ccc2O1.CC(C)(C)c1ccc2oc3c[c-]c(-c4ccccn4)cc3c(=O)c2c1.[Ir]. The van der Waals surface area contributed by atoms with E-state index in [2.05, 4.69) is 67.1 Å². The maximum Gasteiger partial charge on any atom is 0.182 e. The van der Waals surface area contributed by atoms with Crippen LogP contribution in [0.4, 0.5) is 0 Å². The van der Waals surface area contributed by atoms with Crippen molar-refractivity contribution in [2.45, 2.75) is 39.0 Å². The first-order valence-electron chi connectivity index (χ1n) is 20.1. The number of pyridine rings is 3. The Morgan fingerprint density at radius 1 is 0.613 bits per heavy atom. The summed E-state index contributed by atoms with van der Waals surface area (Å²) < 4.78 is 17.3. The molecule has 0 bridgehead atoms. The largest absolute Gasteiger partial charge is 0.500 e. The van der Waals surface area contributed by atoms with E-state index in [4.69, 9.17) is 13.9 Å². The third-order valence-corrected chi connectivity index (χ3v) is 10.4. The second-order valence-electron chi connectivity index (χ2n) is 15.5. The Hall–Kier alpha value is -6.99. The molecule has 0 N–H and O–H groups in total. The van der Waals surface area contributed by atoms with E-state index in [1.54, 1.807) is 36.8 Å². The average Bonchev–Trinajstić information content (AvgIpc) is 3.31. The number of benzene rings is 4. The summed E-state index contributed by atoms with van der Waals surface area (Å²) in [6.45, 7) is 13.8. The number of aromatic nitrogens is 3. The molecule has 6 heterocycles. The predicted molar refractivity (Wildman–Crippen MR) is 245 cm³/mol. The number of fused-ring (bicyclic) bond motifs is 4. The Bertz CT molecular complexity index is 2890. The topological polar surface area (TPSA) is 87.3 Å². The summed E-state index contributed by atoms with van der Waals surface area (Å²) in [5.74, 6) is 3.47. The van der Waals surface area contributed by atoms with Crippen LogP contribution in [-0.2, 0) is 38.4 Å². The molecule has 0 saturated carbocycles. The molecule has 0 aliphatic carbocycles. The molecule has 0 saturated heterocycles. The molecule has 0 spiro atoms. The van der Waals surface area contributed by atoms with Gasteiger partial charge in [0.05, 0.1) is 22.4 Å². The van der Waals surface area contributed by atoms with Crippen molar-refractivity contribution in [3.05, 3.63) is 222 Å². The minimum absolute atomic E-state index is 0. The van der Waals surface area contributed by atoms with Crippen molar-refractivity contribution < 1.29 is 34.0 Å². The molecule has 8 aromatic rings. The Morgan fingerprint density at radius 2 is 1.13 bits per heavy atom. The van der Waals surface area contributed by atoms with Crippen molar-refractivity contribution in [2.24, 2.45) is 0 Å². The second-order valence-corrected chi connectivity index (χ2v) is 15.5. The summed E-state index contributed by atoms with van der Waals surface area (Å²) in [6, 6.07) is 42.4. The molecule has 2 aliphatic rings. The van der Waals surface area contributed by atoms with Crippen molar-refractivity contribution in [1.82, 2.24) is 15.0 Å². The standard InChI is InChI=1S/C22H18NO2.2C16H13NO.Ir/c1-22(2,3)15-8-10-20-17(13-15)21(24)16-12-14(7-9-19(16)25-20)18-6-4-5-11-23-18;2*1-2-14-8-6-13-11-12(7-9-16(13)18-14)15-5-3-4-10-17-15;/h4-6,8-13H,1-3H3;2*2-5,7-11H,1,6H2;/q-1;;;. The normalized spacial score (nSPS) is 12.5. The minimum Gasteiger partial charge on any atom is -0.500 e. The van der Waals surface area contributed by atoms with E-state index in [1.807, 2.05) is 115 Å². The third-order valence-electron chi connectivity index (χ3n) is 10.4. The predicted octanol–water partition coefficient (Wildman–Crippen LogP) is 12.6. The van der Waals surface area contributed by atoms with E-state index in [1.165, 1.54) is 11.1 Å². The van der Waals surface area contributed by atoms with E-state index in [0.29, 0.717) is 21.9 Å². The van der Waals surface area contributed by atoms with Gasteiger partial charge in [-0.1, -0.05) is 64.3 Å². The summed E-state index contributed by atoms with van der Waals surface area (Å²) >= 11 is 0. The van der Waals surface area contributed by atoms with Crippen LogP contribution in [0.2, 0.25) is 0 Å². The van der Waals surface area contributed by atoms with Gasteiger partial charge in [0.2, 0.25) is 0 Å². The van der Waals surface area contributed by atoms with Crippen molar-refractivity contribution in [3.63, 3.8) is 0 Å². The molecule has 4 aromatic carbocycles. The monoisotopic (exact) mass is 991 g/mol. The molecule has 8 heteroatoms. The Balaban J connectivity index is 0.000000142. The van der Waals surface area contributed by atoms with Crippen molar-refractivity contribution >= 4 is 21.9 Å².